The molecule has 148 valence electrons. The molecule has 0 spiro atoms. The lowest BCUT2D eigenvalue weighted by molar-refractivity contribution is -0.170. The Morgan fingerprint density at radius 3 is 1.84 bits per heavy atom. The highest BCUT2D eigenvalue weighted by molar-refractivity contribution is 5.74. The van der Waals surface area contributed by atoms with Gasteiger partial charge in [-0.3, -0.25) is 4.79 Å². The minimum atomic E-state index is -0.494. The molecule has 1 N–H and O–H groups in total. The van der Waals surface area contributed by atoms with E-state index in [9.17, 15) is 9.90 Å². The first kappa shape index (κ1) is 22.5. The molecule has 0 aromatic rings. The monoisotopic (exact) mass is 354 g/mol. The number of rotatable bonds is 15. The van der Waals surface area contributed by atoms with E-state index in [0.717, 1.165) is 32.1 Å². The van der Waals surface area contributed by atoms with E-state index in [4.69, 9.17) is 4.74 Å². The number of cyclic esters (lactones) is 1. The maximum absolute atomic E-state index is 12.2. The molecule has 25 heavy (non-hydrogen) atoms. The van der Waals surface area contributed by atoms with Crippen molar-refractivity contribution in [2.24, 2.45) is 5.92 Å². The number of ether oxygens (including phenoxy) is 1. The molecule has 0 bridgehead atoms. The molecule has 0 aromatic carbocycles. The predicted molar refractivity (Wildman–Crippen MR) is 105 cm³/mol. The number of aliphatic hydroxyl groups excluding tert-OH is 1. The first-order valence-electron chi connectivity index (χ1n) is 11.1. The van der Waals surface area contributed by atoms with E-state index < -0.39 is 6.10 Å². The molecule has 1 saturated heterocycles. The number of esters is 1. The highest BCUT2D eigenvalue weighted by atomic mass is 16.5. The van der Waals surface area contributed by atoms with Crippen LogP contribution in [0.25, 0.3) is 0 Å². The minimum absolute atomic E-state index is 0.0565. The largest absolute Gasteiger partial charge is 0.462 e. The van der Waals surface area contributed by atoms with Crippen LogP contribution in [-0.2, 0) is 9.53 Å². The first-order valence-corrected chi connectivity index (χ1v) is 11.1. The van der Waals surface area contributed by atoms with E-state index >= 15 is 0 Å². The molecule has 1 aliphatic heterocycles. The van der Waals surface area contributed by atoms with Crippen LogP contribution in [0.5, 0.6) is 0 Å². The maximum atomic E-state index is 12.2. The second-order valence-corrected chi connectivity index (χ2v) is 7.93. The quantitative estimate of drug-likeness (QED) is 0.282. The molecule has 3 nitrogen and oxygen atoms in total. The SMILES string of the molecule is CCCCCCCCCCCC1CC(O)C(CCCCCC)C(=O)O1. The summed E-state index contributed by atoms with van der Waals surface area (Å²) >= 11 is 0. The molecule has 0 saturated carbocycles. The van der Waals surface area contributed by atoms with Crippen LogP contribution in [0.2, 0.25) is 0 Å². The second kappa shape index (κ2) is 14.6. The maximum Gasteiger partial charge on any atom is 0.311 e. The third-order valence-corrected chi connectivity index (χ3v) is 5.55. The number of hydrogen-bond acceptors (Lipinski definition) is 3. The summed E-state index contributed by atoms with van der Waals surface area (Å²) in [6, 6.07) is 0. The fourth-order valence-corrected chi connectivity index (χ4v) is 3.85. The van der Waals surface area contributed by atoms with Gasteiger partial charge in [-0.25, -0.2) is 0 Å². The lowest BCUT2D eigenvalue weighted by Gasteiger charge is -2.32. The Morgan fingerprint density at radius 1 is 0.800 bits per heavy atom. The molecule has 3 unspecified atom stereocenters. The molecule has 3 heteroatoms. The summed E-state index contributed by atoms with van der Waals surface area (Å²) in [6.45, 7) is 4.43. The summed E-state index contributed by atoms with van der Waals surface area (Å²) in [5, 5.41) is 10.3. The van der Waals surface area contributed by atoms with Crippen LogP contribution >= 0.6 is 0 Å². The van der Waals surface area contributed by atoms with Crippen molar-refractivity contribution in [2.75, 3.05) is 0 Å². The summed E-state index contributed by atoms with van der Waals surface area (Å²) < 4.78 is 5.60. The van der Waals surface area contributed by atoms with E-state index in [1.54, 1.807) is 0 Å². The van der Waals surface area contributed by atoms with Crippen molar-refractivity contribution in [3.63, 3.8) is 0 Å². The van der Waals surface area contributed by atoms with Gasteiger partial charge in [0.05, 0.1) is 12.0 Å². The average Bonchev–Trinajstić information content (AvgIpc) is 2.59. The van der Waals surface area contributed by atoms with Gasteiger partial charge in [-0.2, -0.15) is 0 Å². The Hall–Kier alpha value is -0.570. The van der Waals surface area contributed by atoms with Crippen LogP contribution in [0.4, 0.5) is 0 Å². The van der Waals surface area contributed by atoms with Crippen LogP contribution in [0.15, 0.2) is 0 Å². The van der Waals surface area contributed by atoms with Crippen LogP contribution < -0.4 is 0 Å². The summed E-state index contributed by atoms with van der Waals surface area (Å²) in [6.07, 6.45) is 18.1. The van der Waals surface area contributed by atoms with E-state index in [-0.39, 0.29) is 18.0 Å². The summed E-state index contributed by atoms with van der Waals surface area (Å²) in [5.74, 6) is -0.438. The number of carbonyl (C=O) groups is 1. The lowest BCUT2D eigenvalue weighted by Crippen LogP contribution is -2.41. The topological polar surface area (TPSA) is 46.5 Å². The van der Waals surface area contributed by atoms with Crippen molar-refractivity contribution in [2.45, 2.75) is 129 Å². The Kier molecular flexibility index (Phi) is 13.1. The summed E-state index contributed by atoms with van der Waals surface area (Å²) in [4.78, 5) is 12.2. The molecular formula is C22H42O3. The number of unbranched alkanes of at least 4 members (excludes halogenated alkanes) is 11. The van der Waals surface area contributed by atoms with Crippen molar-refractivity contribution in [3.8, 4) is 0 Å². The van der Waals surface area contributed by atoms with Gasteiger partial charge in [-0.05, 0) is 19.3 Å². The van der Waals surface area contributed by atoms with E-state index in [0.29, 0.717) is 6.42 Å². The van der Waals surface area contributed by atoms with Crippen molar-refractivity contribution in [1.29, 1.82) is 0 Å². The smallest absolute Gasteiger partial charge is 0.311 e. The van der Waals surface area contributed by atoms with Crippen molar-refractivity contribution < 1.29 is 14.6 Å². The molecule has 0 amide bonds. The molecule has 1 rings (SSSR count). The first-order chi connectivity index (χ1) is 12.2. The number of hydrogen-bond donors (Lipinski definition) is 1. The molecule has 3 atom stereocenters. The van der Waals surface area contributed by atoms with Gasteiger partial charge >= 0.3 is 5.97 Å². The van der Waals surface area contributed by atoms with Gasteiger partial charge in [-0.1, -0.05) is 90.9 Å². The predicted octanol–water partition coefficient (Wildman–Crippen LogP) is 6.17. The standard InChI is InChI=1S/C22H42O3/c1-3-5-7-9-10-11-12-13-14-16-19-18-21(23)20(22(24)25-19)17-15-8-6-4-2/h19-21,23H,3-18H2,1-2H3. The fraction of sp³-hybridized carbons (Fsp3) is 0.955. The van der Waals surface area contributed by atoms with Gasteiger partial charge in [0.25, 0.3) is 0 Å². The van der Waals surface area contributed by atoms with Crippen LogP contribution in [0, 0.1) is 5.92 Å². The highest BCUT2D eigenvalue weighted by Gasteiger charge is 2.36. The summed E-state index contributed by atoms with van der Waals surface area (Å²) in [7, 11) is 0. The molecule has 0 aliphatic carbocycles. The normalized spacial score (nSPS) is 23.6. The second-order valence-electron chi connectivity index (χ2n) is 7.93. The van der Waals surface area contributed by atoms with Gasteiger partial charge in [-0.15, -0.1) is 0 Å². The van der Waals surface area contributed by atoms with Gasteiger partial charge < -0.3 is 9.84 Å². The number of carbonyl (C=O) groups excluding carboxylic acids is 1. The van der Waals surface area contributed by atoms with Gasteiger partial charge in [0.1, 0.15) is 6.10 Å². The fourth-order valence-electron chi connectivity index (χ4n) is 3.85. The molecule has 1 heterocycles. The Bertz CT molecular complexity index is 329. The zero-order valence-corrected chi connectivity index (χ0v) is 16.8. The van der Waals surface area contributed by atoms with E-state index in [1.165, 1.54) is 64.2 Å². The van der Waals surface area contributed by atoms with Crippen molar-refractivity contribution in [1.82, 2.24) is 0 Å². The minimum Gasteiger partial charge on any atom is -0.462 e. The van der Waals surface area contributed by atoms with E-state index in [2.05, 4.69) is 13.8 Å². The average molecular weight is 355 g/mol. The molecule has 0 aromatic heterocycles. The third-order valence-electron chi connectivity index (χ3n) is 5.55. The zero-order valence-electron chi connectivity index (χ0n) is 16.8. The van der Waals surface area contributed by atoms with Crippen molar-refractivity contribution >= 4 is 5.97 Å². The lowest BCUT2D eigenvalue weighted by atomic mass is 9.88. The van der Waals surface area contributed by atoms with Crippen LogP contribution in [-0.4, -0.2) is 23.3 Å². The number of aliphatic hydroxyl groups is 1. The highest BCUT2D eigenvalue weighted by Crippen LogP contribution is 2.28. The third kappa shape index (κ3) is 10.2. The molecule has 1 aliphatic rings. The zero-order chi connectivity index (χ0) is 18.3. The molecule has 0 radical (unpaired) electrons. The van der Waals surface area contributed by atoms with Gasteiger partial charge in [0.2, 0.25) is 0 Å². The molecular weight excluding hydrogens is 312 g/mol. The Labute approximate surface area is 155 Å². The molecule has 1 fully saturated rings. The Morgan fingerprint density at radius 2 is 1.28 bits per heavy atom. The van der Waals surface area contributed by atoms with Crippen molar-refractivity contribution in [3.05, 3.63) is 0 Å². The Balaban J connectivity index is 2.06. The van der Waals surface area contributed by atoms with Gasteiger partial charge in [0.15, 0.2) is 0 Å². The summed E-state index contributed by atoms with van der Waals surface area (Å²) in [5.41, 5.74) is 0. The van der Waals surface area contributed by atoms with Gasteiger partial charge in [0, 0.05) is 6.42 Å². The van der Waals surface area contributed by atoms with Crippen LogP contribution in [0.1, 0.15) is 117 Å². The van der Waals surface area contributed by atoms with Crippen LogP contribution in [0.3, 0.4) is 0 Å². The van der Waals surface area contributed by atoms with E-state index in [1.807, 2.05) is 0 Å².